The first-order valence-electron chi connectivity index (χ1n) is 6.02. The zero-order valence-electron chi connectivity index (χ0n) is 10.9. The Kier molecular flexibility index (Phi) is 7.25. The van der Waals surface area contributed by atoms with Gasteiger partial charge in [0.1, 0.15) is 6.61 Å². The summed E-state index contributed by atoms with van der Waals surface area (Å²) in [6.07, 6.45) is 0. The molecule has 0 saturated carbocycles. The van der Waals surface area contributed by atoms with Crippen LogP contribution in [0, 0.1) is 0 Å². The Hall–Kier alpha value is -1.30. The minimum Gasteiger partial charge on any atom is -0.460 e. The number of halogens is 1. The molecule has 106 valence electrons. The van der Waals surface area contributed by atoms with Crippen molar-refractivity contribution in [2.24, 2.45) is 0 Å². The number of rotatable bonds is 8. The van der Waals surface area contributed by atoms with E-state index in [0.717, 1.165) is 0 Å². The number of nitrogen functional groups attached to an aromatic ring is 1. The van der Waals surface area contributed by atoms with Crippen LogP contribution in [-0.4, -0.2) is 39.0 Å². The Morgan fingerprint density at radius 1 is 1.21 bits per heavy atom. The lowest BCUT2D eigenvalue weighted by Crippen LogP contribution is -2.13. The van der Waals surface area contributed by atoms with Crippen molar-refractivity contribution >= 4 is 23.3 Å². The van der Waals surface area contributed by atoms with E-state index in [1.54, 1.807) is 6.07 Å². The van der Waals surface area contributed by atoms with Crippen molar-refractivity contribution in [3.8, 4) is 0 Å². The highest BCUT2D eigenvalue weighted by Gasteiger charge is 2.11. The van der Waals surface area contributed by atoms with E-state index in [2.05, 4.69) is 0 Å². The van der Waals surface area contributed by atoms with E-state index < -0.39 is 5.97 Å². The average molecular weight is 288 g/mol. The summed E-state index contributed by atoms with van der Waals surface area (Å²) in [6, 6.07) is 4.65. The van der Waals surface area contributed by atoms with Crippen LogP contribution in [0.3, 0.4) is 0 Å². The van der Waals surface area contributed by atoms with Crippen LogP contribution in [0.1, 0.15) is 17.3 Å². The van der Waals surface area contributed by atoms with Gasteiger partial charge in [-0.2, -0.15) is 0 Å². The van der Waals surface area contributed by atoms with Crippen molar-refractivity contribution < 1.29 is 19.0 Å². The van der Waals surface area contributed by atoms with E-state index in [1.807, 2.05) is 6.92 Å². The molecular formula is C13H18ClNO4. The molecule has 0 aliphatic rings. The van der Waals surface area contributed by atoms with Gasteiger partial charge in [0.15, 0.2) is 0 Å². The van der Waals surface area contributed by atoms with E-state index in [9.17, 15) is 4.79 Å². The van der Waals surface area contributed by atoms with Gasteiger partial charge in [-0.05, 0) is 25.1 Å². The summed E-state index contributed by atoms with van der Waals surface area (Å²) in [5, 5.41) is 0.280. The Bertz CT molecular complexity index is 412. The number of ether oxygens (including phenoxy) is 3. The highest BCUT2D eigenvalue weighted by Crippen LogP contribution is 2.19. The molecule has 1 rings (SSSR count). The monoisotopic (exact) mass is 287 g/mol. The van der Waals surface area contributed by atoms with Crippen LogP contribution in [0.25, 0.3) is 0 Å². The summed E-state index contributed by atoms with van der Waals surface area (Å²) in [5.74, 6) is -0.488. The number of hydrogen-bond donors (Lipinski definition) is 1. The molecule has 19 heavy (non-hydrogen) atoms. The quantitative estimate of drug-likeness (QED) is 0.450. The largest absolute Gasteiger partial charge is 0.460 e. The number of carbonyl (C=O) groups is 1. The normalized spacial score (nSPS) is 10.4. The Morgan fingerprint density at radius 2 is 1.89 bits per heavy atom. The van der Waals surface area contributed by atoms with E-state index in [-0.39, 0.29) is 11.6 Å². The molecule has 5 nitrogen and oxygen atoms in total. The zero-order chi connectivity index (χ0) is 14.1. The van der Waals surface area contributed by atoms with E-state index >= 15 is 0 Å². The number of benzene rings is 1. The van der Waals surface area contributed by atoms with Crippen LogP contribution >= 0.6 is 11.6 Å². The molecule has 0 saturated heterocycles. The number of anilines is 1. The summed E-state index contributed by atoms with van der Waals surface area (Å²) >= 11 is 5.89. The lowest BCUT2D eigenvalue weighted by Gasteiger charge is -2.07. The molecule has 6 heteroatoms. The fourth-order valence-corrected chi connectivity index (χ4v) is 1.60. The second-order valence-electron chi connectivity index (χ2n) is 3.68. The first kappa shape index (κ1) is 15.8. The standard InChI is InChI=1S/C13H18ClNO4/c1-2-17-5-6-18-7-8-19-13(16)11-4-3-10(15)9-12(11)14/h3-4,9H,2,5-8,15H2,1H3. The van der Waals surface area contributed by atoms with Crippen molar-refractivity contribution in [2.75, 3.05) is 38.8 Å². The van der Waals surface area contributed by atoms with Crippen molar-refractivity contribution in [1.29, 1.82) is 0 Å². The van der Waals surface area contributed by atoms with Crippen LogP contribution < -0.4 is 5.73 Å². The summed E-state index contributed by atoms with van der Waals surface area (Å²) in [6.45, 7) is 4.09. The highest BCUT2D eigenvalue weighted by atomic mass is 35.5. The summed E-state index contributed by atoms with van der Waals surface area (Å²) in [4.78, 5) is 11.7. The zero-order valence-corrected chi connectivity index (χ0v) is 11.6. The van der Waals surface area contributed by atoms with Gasteiger partial charge in [-0.1, -0.05) is 11.6 Å². The molecule has 0 unspecified atom stereocenters. The van der Waals surface area contributed by atoms with Crippen molar-refractivity contribution in [2.45, 2.75) is 6.92 Å². The smallest absolute Gasteiger partial charge is 0.339 e. The van der Waals surface area contributed by atoms with Crippen molar-refractivity contribution in [3.63, 3.8) is 0 Å². The molecule has 0 aromatic heterocycles. The molecule has 0 fully saturated rings. The minimum absolute atomic E-state index is 0.172. The third-order valence-corrected chi connectivity index (χ3v) is 2.56. The van der Waals surface area contributed by atoms with E-state index in [0.29, 0.717) is 37.7 Å². The number of hydrogen-bond acceptors (Lipinski definition) is 5. The van der Waals surface area contributed by atoms with Gasteiger partial charge in [0.25, 0.3) is 0 Å². The SMILES string of the molecule is CCOCCOCCOC(=O)c1ccc(N)cc1Cl. The van der Waals surface area contributed by atoms with Gasteiger partial charge in [-0.25, -0.2) is 4.79 Å². The molecule has 0 spiro atoms. The lowest BCUT2D eigenvalue weighted by molar-refractivity contribution is 0.0164. The third kappa shape index (κ3) is 5.92. The molecule has 0 amide bonds. The Labute approximate surface area is 117 Å². The summed E-state index contributed by atoms with van der Waals surface area (Å²) in [7, 11) is 0. The molecule has 1 aromatic carbocycles. The van der Waals surface area contributed by atoms with Crippen LogP contribution in [0.5, 0.6) is 0 Å². The first-order chi connectivity index (χ1) is 9.15. The van der Waals surface area contributed by atoms with Crippen molar-refractivity contribution in [3.05, 3.63) is 28.8 Å². The summed E-state index contributed by atoms with van der Waals surface area (Å²) < 4.78 is 15.3. The number of carbonyl (C=O) groups excluding carboxylic acids is 1. The summed E-state index contributed by atoms with van der Waals surface area (Å²) in [5.41, 5.74) is 6.34. The third-order valence-electron chi connectivity index (χ3n) is 2.25. The predicted molar refractivity (Wildman–Crippen MR) is 73.5 cm³/mol. The predicted octanol–water partition coefficient (Wildman–Crippen LogP) is 2.13. The molecule has 0 aliphatic heterocycles. The number of nitrogens with two attached hydrogens (primary N) is 1. The van der Waals surface area contributed by atoms with Crippen LogP contribution in [0.15, 0.2) is 18.2 Å². The highest BCUT2D eigenvalue weighted by molar-refractivity contribution is 6.33. The second-order valence-corrected chi connectivity index (χ2v) is 4.09. The molecule has 0 radical (unpaired) electrons. The van der Waals surface area contributed by atoms with Gasteiger partial charge in [-0.3, -0.25) is 0 Å². The molecule has 0 atom stereocenters. The fraction of sp³-hybridized carbons (Fsp3) is 0.462. The molecule has 0 heterocycles. The fourth-order valence-electron chi connectivity index (χ4n) is 1.33. The topological polar surface area (TPSA) is 70.8 Å². The van der Waals surface area contributed by atoms with E-state index in [1.165, 1.54) is 12.1 Å². The van der Waals surface area contributed by atoms with Crippen molar-refractivity contribution in [1.82, 2.24) is 0 Å². The van der Waals surface area contributed by atoms with Gasteiger partial charge >= 0.3 is 5.97 Å². The number of esters is 1. The Morgan fingerprint density at radius 3 is 2.58 bits per heavy atom. The molecular weight excluding hydrogens is 270 g/mol. The van der Waals surface area contributed by atoms with Gasteiger partial charge in [-0.15, -0.1) is 0 Å². The second kappa shape index (κ2) is 8.74. The van der Waals surface area contributed by atoms with Crippen LogP contribution in [0.2, 0.25) is 5.02 Å². The molecule has 0 aliphatic carbocycles. The van der Waals surface area contributed by atoms with Gasteiger partial charge < -0.3 is 19.9 Å². The maximum atomic E-state index is 11.7. The minimum atomic E-state index is -0.488. The maximum Gasteiger partial charge on any atom is 0.339 e. The van der Waals surface area contributed by atoms with Crippen LogP contribution in [-0.2, 0) is 14.2 Å². The first-order valence-corrected chi connectivity index (χ1v) is 6.40. The average Bonchev–Trinajstić information content (AvgIpc) is 2.37. The molecule has 2 N–H and O–H groups in total. The van der Waals surface area contributed by atoms with E-state index in [4.69, 9.17) is 31.5 Å². The lowest BCUT2D eigenvalue weighted by atomic mass is 10.2. The van der Waals surface area contributed by atoms with Crippen LogP contribution in [0.4, 0.5) is 5.69 Å². The molecule has 0 bridgehead atoms. The maximum absolute atomic E-state index is 11.7. The van der Waals surface area contributed by atoms with Gasteiger partial charge in [0, 0.05) is 12.3 Å². The molecule has 1 aromatic rings. The Balaban J connectivity index is 2.24. The van der Waals surface area contributed by atoms with Gasteiger partial charge in [0.2, 0.25) is 0 Å². The van der Waals surface area contributed by atoms with Gasteiger partial charge in [0.05, 0.1) is 30.4 Å².